The lowest BCUT2D eigenvalue weighted by atomic mass is 10.3. The number of hydrogen-bond acceptors (Lipinski definition) is 3. The van der Waals surface area contributed by atoms with Gasteiger partial charge in [0, 0.05) is 5.02 Å². The molecule has 0 amide bonds. The molecule has 0 fully saturated rings. The van der Waals surface area contributed by atoms with Crippen molar-refractivity contribution >= 4 is 21.7 Å². The van der Waals surface area contributed by atoms with Crippen molar-refractivity contribution in [2.24, 2.45) is 0 Å². The largest absolute Gasteiger partial charge is 0.379 e. The molecule has 3 nitrogen and oxygen atoms in total. The maximum Gasteiger partial charge on any atom is 0.339 e. The van der Waals surface area contributed by atoms with Gasteiger partial charge in [-0.3, -0.25) is 0 Å². The van der Waals surface area contributed by atoms with Crippen LogP contribution in [0.15, 0.2) is 53.4 Å². The van der Waals surface area contributed by atoms with E-state index in [1.807, 2.05) is 0 Å². The van der Waals surface area contributed by atoms with E-state index in [4.69, 9.17) is 15.8 Å². The average Bonchev–Trinajstić information content (AvgIpc) is 2.32. The highest BCUT2D eigenvalue weighted by molar-refractivity contribution is 7.87. The zero-order valence-corrected chi connectivity index (χ0v) is 10.6. The molecule has 0 N–H and O–H groups in total. The molecular formula is C12H8ClFO3S. The third kappa shape index (κ3) is 3.00. The summed E-state index contributed by atoms with van der Waals surface area (Å²) in [4.78, 5) is -0.0562. The Kier molecular flexibility index (Phi) is 3.54. The van der Waals surface area contributed by atoms with Gasteiger partial charge < -0.3 is 4.18 Å². The monoisotopic (exact) mass is 286 g/mol. The Morgan fingerprint density at radius 1 is 1.06 bits per heavy atom. The summed E-state index contributed by atoms with van der Waals surface area (Å²) in [6, 6.07) is 10.4. The first-order valence-corrected chi connectivity index (χ1v) is 6.72. The third-order valence-electron chi connectivity index (χ3n) is 2.10. The highest BCUT2D eigenvalue weighted by Gasteiger charge is 2.16. The van der Waals surface area contributed by atoms with Gasteiger partial charge in [0.1, 0.15) is 16.5 Å². The van der Waals surface area contributed by atoms with Gasteiger partial charge in [-0.1, -0.05) is 17.7 Å². The normalized spacial score (nSPS) is 11.2. The fourth-order valence-corrected chi connectivity index (χ4v) is 2.52. The molecule has 0 aliphatic rings. The van der Waals surface area contributed by atoms with Crippen LogP contribution in [0, 0.1) is 5.82 Å². The summed E-state index contributed by atoms with van der Waals surface area (Å²) in [5, 5.41) is 0.291. The number of rotatable bonds is 3. The highest BCUT2D eigenvalue weighted by atomic mass is 35.5. The minimum Gasteiger partial charge on any atom is -0.379 e. The van der Waals surface area contributed by atoms with E-state index in [2.05, 4.69) is 0 Å². The van der Waals surface area contributed by atoms with E-state index >= 15 is 0 Å². The Bertz CT molecular complexity index is 653. The van der Waals surface area contributed by atoms with Gasteiger partial charge in [0.15, 0.2) is 0 Å². The summed E-state index contributed by atoms with van der Waals surface area (Å²) in [7, 11) is -3.96. The molecule has 0 aliphatic heterocycles. The van der Waals surface area contributed by atoms with E-state index in [9.17, 15) is 12.8 Å². The molecule has 0 saturated heterocycles. The molecule has 0 unspecified atom stereocenters. The smallest absolute Gasteiger partial charge is 0.339 e. The van der Waals surface area contributed by atoms with Crippen molar-refractivity contribution < 1.29 is 17.0 Å². The fraction of sp³-hybridized carbons (Fsp3) is 0. The standard InChI is InChI=1S/C12H8ClFO3S/c13-9-2-1-3-12(8-9)18(15,16)17-11-6-4-10(14)5-7-11/h1-8H. The van der Waals surface area contributed by atoms with Gasteiger partial charge in [0.05, 0.1) is 0 Å². The lowest BCUT2D eigenvalue weighted by Crippen LogP contribution is -2.09. The molecule has 0 radical (unpaired) electrons. The third-order valence-corrected chi connectivity index (χ3v) is 3.58. The minimum atomic E-state index is -3.96. The quantitative estimate of drug-likeness (QED) is 0.814. The molecule has 0 saturated carbocycles. The van der Waals surface area contributed by atoms with Crippen molar-refractivity contribution in [1.82, 2.24) is 0 Å². The molecule has 0 spiro atoms. The first-order chi connectivity index (χ1) is 8.47. The second-order valence-electron chi connectivity index (χ2n) is 3.45. The minimum absolute atomic E-state index is 0.0383. The van der Waals surface area contributed by atoms with Crippen molar-refractivity contribution in [2.45, 2.75) is 4.90 Å². The molecule has 18 heavy (non-hydrogen) atoms. The van der Waals surface area contributed by atoms with Gasteiger partial charge in [-0.2, -0.15) is 8.42 Å². The molecule has 0 bridgehead atoms. The maximum atomic E-state index is 12.7. The van der Waals surface area contributed by atoms with E-state index in [1.54, 1.807) is 6.07 Å². The van der Waals surface area contributed by atoms with Gasteiger partial charge >= 0.3 is 10.1 Å². The van der Waals surface area contributed by atoms with Crippen molar-refractivity contribution in [2.75, 3.05) is 0 Å². The van der Waals surface area contributed by atoms with E-state index in [0.29, 0.717) is 5.02 Å². The predicted molar refractivity (Wildman–Crippen MR) is 65.7 cm³/mol. The Balaban J connectivity index is 2.30. The van der Waals surface area contributed by atoms with Gasteiger partial charge in [0.25, 0.3) is 0 Å². The molecule has 2 rings (SSSR count). The number of halogens is 2. The first kappa shape index (κ1) is 12.9. The summed E-state index contributed by atoms with van der Waals surface area (Å²) in [5.74, 6) is -0.432. The maximum absolute atomic E-state index is 12.7. The highest BCUT2D eigenvalue weighted by Crippen LogP contribution is 2.21. The van der Waals surface area contributed by atoms with Crippen molar-refractivity contribution in [1.29, 1.82) is 0 Å². The molecule has 0 aliphatic carbocycles. The van der Waals surface area contributed by atoms with Crippen molar-refractivity contribution in [3.05, 3.63) is 59.4 Å². The molecule has 2 aromatic rings. The molecule has 0 atom stereocenters. The topological polar surface area (TPSA) is 43.4 Å². The Hall–Kier alpha value is -1.59. The molecule has 0 aromatic heterocycles. The SMILES string of the molecule is O=S(=O)(Oc1ccc(F)cc1)c1cccc(Cl)c1. The van der Waals surface area contributed by atoms with Crippen LogP contribution in [0.4, 0.5) is 4.39 Å². The van der Waals surface area contributed by atoms with Crippen LogP contribution in [0.25, 0.3) is 0 Å². The fourth-order valence-electron chi connectivity index (χ4n) is 1.29. The van der Waals surface area contributed by atoms with Crippen LogP contribution >= 0.6 is 11.6 Å². The molecule has 0 heterocycles. The zero-order chi connectivity index (χ0) is 13.2. The van der Waals surface area contributed by atoms with Crippen LogP contribution in [0.2, 0.25) is 5.02 Å². The van der Waals surface area contributed by atoms with E-state index in [1.165, 1.54) is 30.3 Å². The molecular weight excluding hydrogens is 279 g/mol. The van der Waals surface area contributed by atoms with E-state index in [0.717, 1.165) is 12.1 Å². The first-order valence-electron chi connectivity index (χ1n) is 4.93. The summed E-state index contributed by atoms with van der Waals surface area (Å²) >= 11 is 5.71. The molecule has 2 aromatic carbocycles. The van der Waals surface area contributed by atoms with Crippen LogP contribution < -0.4 is 4.18 Å². The average molecular weight is 287 g/mol. The van der Waals surface area contributed by atoms with Crippen LogP contribution in [0.5, 0.6) is 5.75 Å². The molecule has 94 valence electrons. The van der Waals surface area contributed by atoms with E-state index < -0.39 is 15.9 Å². The Morgan fingerprint density at radius 3 is 2.33 bits per heavy atom. The van der Waals surface area contributed by atoms with Crippen molar-refractivity contribution in [3.8, 4) is 5.75 Å². The number of hydrogen-bond donors (Lipinski definition) is 0. The van der Waals surface area contributed by atoms with Gasteiger partial charge in [0.2, 0.25) is 0 Å². The second-order valence-corrected chi connectivity index (χ2v) is 5.43. The second kappa shape index (κ2) is 4.96. The van der Waals surface area contributed by atoms with Crippen LogP contribution in [-0.2, 0) is 10.1 Å². The lowest BCUT2D eigenvalue weighted by Gasteiger charge is -2.06. The summed E-state index contributed by atoms with van der Waals surface area (Å²) in [6.45, 7) is 0. The van der Waals surface area contributed by atoms with Gasteiger partial charge in [-0.25, -0.2) is 4.39 Å². The van der Waals surface area contributed by atoms with Crippen molar-refractivity contribution in [3.63, 3.8) is 0 Å². The Labute approximate surface area is 109 Å². The van der Waals surface area contributed by atoms with Gasteiger partial charge in [-0.15, -0.1) is 0 Å². The predicted octanol–water partition coefficient (Wildman–Crippen LogP) is 3.25. The van der Waals surface area contributed by atoms with E-state index in [-0.39, 0.29) is 10.6 Å². The van der Waals surface area contributed by atoms with Crippen LogP contribution in [0.3, 0.4) is 0 Å². The van der Waals surface area contributed by atoms with Crippen LogP contribution in [-0.4, -0.2) is 8.42 Å². The van der Waals surface area contributed by atoms with Crippen LogP contribution in [0.1, 0.15) is 0 Å². The summed E-state index contributed by atoms with van der Waals surface area (Å²) < 4.78 is 41.2. The summed E-state index contributed by atoms with van der Waals surface area (Å²) in [5.41, 5.74) is 0. The molecule has 6 heteroatoms. The zero-order valence-electron chi connectivity index (χ0n) is 9.01. The Morgan fingerprint density at radius 2 is 1.72 bits per heavy atom. The van der Waals surface area contributed by atoms with Gasteiger partial charge in [-0.05, 0) is 42.5 Å². The lowest BCUT2D eigenvalue weighted by molar-refractivity contribution is 0.485. The summed E-state index contributed by atoms with van der Waals surface area (Å²) in [6.07, 6.45) is 0. The number of benzene rings is 2.